The number of esters is 1. The molecule has 0 spiro atoms. The van der Waals surface area contributed by atoms with Crippen molar-refractivity contribution in [3.8, 4) is 11.1 Å². The first-order chi connectivity index (χ1) is 9.56. The minimum atomic E-state index is -0.945. The van der Waals surface area contributed by atoms with E-state index in [0.29, 0.717) is 5.56 Å². The van der Waals surface area contributed by atoms with Crippen LogP contribution >= 0.6 is 11.3 Å². The molecular weight excluding hydrogens is 276 g/mol. The van der Waals surface area contributed by atoms with E-state index >= 15 is 0 Å². The Kier molecular flexibility index (Phi) is 4.20. The maximum absolute atomic E-state index is 11.8. The number of carbonyl (C=O) groups excluding carboxylic acids is 1. The number of carboxylic acids is 1. The molecule has 0 aliphatic heterocycles. The fourth-order valence-electron chi connectivity index (χ4n) is 1.96. The molecule has 1 heterocycles. The summed E-state index contributed by atoms with van der Waals surface area (Å²) in [7, 11) is 1.35. The van der Waals surface area contributed by atoms with E-state index in [4.69, 9.17) is 9.84 Å². The molecule has 5 heteroatoms. The largest absolute Gasteiger partial charge is 0.477 e. The predicted molar refractivity (Wildman–Crippen MR) is 77.4 cm³/mol. The van der Waals surface area contributed by atoms with Gasteiger partial charge in [-0.1, -0.05) is 19.1 Å². The van der Waals surface area contributed by atoms with Crippen molar-refractivity contribution in [2.45, 2.75) is 13.3 Å². The van der Waals surface area contributed by atoms with Gasteiger partial charge in [0.05, 0.1) is 12.7 Å². The number of methoxy groups -OCH3 is 1. The van der Waals surface area contributed by atoms with Crippen LogP contribution in [0.25, 0.3) is 11.1 Å². The molecular formula is C15H14O4S. The SMILES string of the molecule is CCc1ccc(-c2csc(C(=O)O)c2)cc1C(=O)OC. The lowest BCUT2D eigenvalue weighted by atomic mass is 9.99. The summed E-state index contributed by atoms with van der Waals surface area (Å²) in [6.45, 7) is 1.97. The van der Waals surface area contributed by atoms with Crippen LogP contribution in [0, 0.1) is 0 Å². The molecule has 0 saturated carbocycles. The Balaban J connectivity index is 2.46. The van der Waals surface area contributed by atoms with Crippen LogP contribution in [0.5, 0.6) is 0 Å². The average Bonchev–Trinajstić information content (AvgIpc) is 2.95. The highest BCUT2D eigenvalue weighted by Crippen LogP contribution is 2.28. The number of rotatable bonds is 4. The Morgan fingerprint density at radius 3 is 2.55 bits per heavy atom. The van der Waals surface area contributed by atoms with Crippen molar-refractivity contribution in [3.05, 3.63) is 45.6 Å². The van der Waals surface area contributed by atoms with Gasteiger partial charge in [-0.2, -0.15) is 0 Å². The lowest BCUT2D eigenvalue weighted by Crippen LogP contribution is -2.05. The second-order valence-corrected chi connectivity index (χ2v) is 5.13. The summed E-state index contributed by atoms with van der Waals surface area (Å²) < 4.78 is 4.78. The Morgan fingerprint density at radius 2 is 2.00 bits per heavy atom. The molecule has 0 saturated heterocycles. The highest BCUT2D eigenvalue weighted by atomic mass is 32.1. The molecule has 20 heavy (non-hydrogen) atoms. The minimum Gasteiger partial charge on any atom is -0.477 e. The number of hydrogen-bond acceptors (Lipinski definition) is 4. The smallest absolute Gasteiger partial charge is 0.345 e. The first-order valence-electron chi connectivity index (χ1n) is 6.10. The molecule has 104 valence electrons. The van der Waals surface area contributed by atoms with Gasteiger partial charge in [0.15, 0.2) is 0 Å². The van der Waals surface area contributed by atoms with E-state index in [1.54, 1.807) is 17.5 Å². The first-order valence-corrected chi connectivity index (χ1v) is 6.98. The van der Waals surface area contributed by atoms with Gasteiger partial charge in [-0.05, 0) is 40.6 Å². The average molecular weight is 290 g/mol. The van der Waals surface area contributed by atoms with Crippen LogP contribution in [0.4, 0.5) is 0 Å². The second-order valence-electron chi connectivity index (χ2n) is 4.22. The summed E-state index contributed by atoms with van der Waals surface area (Å²) in [5.41, 5.74) is 3.04. The standard InChI is InChI=1S/C15H14O4S/c1-3-9-4-5-10(6-12(9)15(18)19-2)11-7-13(14(16)17)20-8-11/h4-8H,3H2,1-2H3,(H,16,17). The van der Waals surface area contributed by atoms with Gasteiger partial charge in [-0.3, -0.25) is 0 Å². The van der Waals surface area contributed by atoms with Gasteiger partial charge in [0, 0.05) is 0 Å². The molecule has 0 radical (unpaired) electrons. The van der Waals surface area contributed by atoms with Crippen molar-refractivity contribution in [3.63, 3.8) is 0 Å². The summed E-state index contributed by atoms with van der Waals surface area (Å²) in [4.78, 5) is 23.0. The van der Waals surface area contributed by atoms with Crippen molar-refractivity contribution in [2.75, 3.05) is 7.11 Å². The Bertz CT molecular complexity index is 658. The number of carboxylic acid groups (broad SMARTS) is 1. The fourth-order valence-corrected chi connectivity index (χ4v) is 2.72. The molecule has 2 aromatic rings. The second kappa shape index (κ2) is 5.88. The molecule has 1 aromatic heterocycles. The van der Waals surface area contributed by atoms with Gasteiger partial charge in [0.1, 0.15) is 4.88 Å². The van der Waals surface area contributed by atoms with Gasteiger partial charge >= 0.3 is 11.9 Å². The fraction of sp³-hybridized carbons (Fsp3) is 0.200. The van der Waals surface area contributed by atoms with Crippen LogP contribution in [0.2, 0.25) is 0 Å². The Hall–Kier alpha value is -2.14. The molecule has 0 amide bonds. The van der Waals surface area contributed by atoms with Crippen LogP contribution in [0.3, 0.4) is 0 Å². The molecule has 0 unspecified atom stereocenters. The maximum atomic E-state index is 11.8. The van der Waals surface area contributed by atoms with Gasteiger partial charge < -0.3 is 9.84 Å². The van der Waals surface area contributed by atoms with E-state index in [1.165, 1.54) is 18.4 Å². The minimum absolute atomic E-state index is 0.277. The summed E-state index contributed by atoms with van der Waals surface area (Å²) in [5, 5.41) is 10.7. The Morgan fingerprint density at radius 1 is 1.25 bits per heavy atom. The van der Waals surface area contributed by atoms with E-state index in [-0.39, 0.29) is 10.8 Å². The summed E-state index contributed by atoms with van der Waals surface area (Å²) in [6, 6.07) is 7.12. The number of ether oxygens (including phenoxy) is 1. The van der Waals surface area contributed by atoms with Crippen molar-refractivity contribution >= 4 is 23.3 Å². The summed E-state index contributed by atoms with van der Waals surface area (Å²) >= 11 is 1.17. The van der Waals surface area contributed by atoms with Gasteiger partial charge in [-0.15, -0.1) is 11.3 Å². The molecule has 0 bridgehead atoms. The van der Waals surface area contributed by atoms with Crippen molar-refractivity contribution < 1.29 is 19.4 Å². The molecule has 0 aliphatic carbocycles. The Labute approximate surface area is 120 Å². The van der Waals surface area contributed by atoms with E-state index in [2.05, 4.69) is 0 Å². The summed E-state index contributed by atoms with van der Waals surface area (Å²) in [5.74, 6) is -1.32. The number of hydrogen-bond donors (Lipinski definition) is 1. The lowest BCUT2D eigenvalue weighted by Gasteiger charge is -2.08. The van der Waals surface area contributed by atoms with Crippen molar-refractivity contribution in [1.29, 1.82) is 0 Å². The van der Waals surface area contributed by atoms with Crippen LogP contribution in [0.1, 0.15) is 32.5 Å². The third-order valence-electron chi connectivity index (χ3n) is 3.04. The van der Waals surface area contributed by atoms with Crippen LogP contribution in [0.15, 0.2) is 29.6 Å². The van der Waals surface area contributed by atoms with Gasteiger partial charge in [0.2, 0.25) is 0 Å². The van der Waals surface area contributed by atoms with Crippen LogP contribution in [-0.2, 0) is 11.2 Å². The zero-order valence-corrected chi connectivity index (χ0v) is 12.0. The number of thiophene rings is 1. The first kappa shape index (κ1) is 14.3. The van der Waals surface area contributed by atoms with E-state index in [1.807, 2.05) is 19.1 Å². The molecule has 1 aromatic carbocycles. The highest BCUT2D eigenvalue weighted by Gasteiger charge is 2.14. The van der Waals surface area contributed by atoms with Crippen molar-refractivity contribution in [1.82, 2.24) is 0 Å². The van der Waals surface area contributed by atoms with E-state index in [9.17, 15) is 9.59 Å². The normalized spacial score (nSPS) is 10.3. The number of carbonyl (C=O) groups is 2. The van der Waals surface area contributed by atoms with Crippen LogP contribution in [-0.4, -0.2) is 24.2 Å². The predicted octanol–water partition coefficient (Wildman–Crippen LogP) is 3.46. The highest BCUT2D eigenvalue weighted by molar-refractivity contribution is 7.12. The third kappa shape index (κ3) is 2.72. The van der Waals surface area contributed by atoms with Crippen LogP contribution < -0.4 is 0 Å². The molecule has 0 fully saturated rings. The maximum Gasteiger partial charge on any atom is 0.345 e. The zero-order valence-electron chi connectivity index (χ0n) is 11.2. The molecule has 0 atom stereocenters. The zero-order chi connectivity index (χ0) is 14.7. The summed E-state index contributed by atoms with van der Waals surface area (Å²) in [6.07, 6.45) is 0.731. The molecule has 2 rings (SSSR count). The number of aryl methyl sites for hydroxylation is 1. The quantitative estimate of drug-likeness (QED) is 0.876. The molecule has 4 nitrogen and oxygen atoms in total. The van der Waals surface area contributed by atoms with E-state index in [0.717, 1.165) is 23.1 Å². The monoisotopic (exact) mass is 290 g/mol. The number of benzene rings is 1. The van der Waals surface area contributed by atoms with Gasteiger partial charge in [0.25, 0.3) is 0 Å². The topological polar surface area (TPSA) is 63.6 Å². The lowest BCUT2D eigenvalue weighted by molar-refractivity contribution is 0.0598. The van der Waals surface area contributed by atoms with E-state index < -0.39 is 5.97 Å². The number of aromatic carboxylic acids is 1. The third-order valence-corrected chi connectivity index (χ3v) is 3.96. The molecule has 0 aliphatic rings. The molecule has 1 N–H and O–H groups in total. The van der Waals surface area contributed by atoms with Gasteiger partial charge in [-0.25, -0.2) is 9.59 Å². The van der Waals surface area contributed by atoms with Crippen molar-refractivity contribution in [2.24, 2.45) is 0 Å².